The lowest BCUT2D eigenvalue weighted by Crippen LogP contribution is -2.27. The SMILES string of the molecule is CCc1nc(NN)c(C)c(NCCC(=O)NC2CC2)n1. The van der Waals surface area contributed by atoms with Gasteiger partial charge in [-0.15, -0.1) is 0 Å². The van der Waals surface area contributed by atoms with Gasteiger partial charge >= 0.3 is 0 Å². The average molecular weight is 278 g/mol. The average Bonchev–Trinajstić information content (AvgIpc) is 3.24. The molecule has 1 heterocycles. The zero-order valence-electron chi connectivity index (χ0n) is 12.0. The van der Waals surface area contributed by atoms with Crippen LogP contribution in [0.2, 0.25) is 0 Å². The Morgan fingerprint density at radius 3 is 2.65 bits per heavy atom. The minimum Gasteiger partial charge on any atom is -0.369 e. The molecule has 7 nitrogen and oxygen atoms in total. The molecule has 1 aliphatic rings. The summed E-state index contributed by atoms with van der Waals surface area (Å²) in [5.41, 5.74) is 3.43. The zero-order chi connectivity index (χ0) is 14.5. The monoisotopic (exact) mass is 278 g/mol. The normalized spacial score (nSPS) is 13.9. The number of hydrazine groups is 1. The first-order valence-corrected chi connectivity index (χ1v) is 7.01. The van der Waals surface area contributed by atoms with E-state index >= 15 is 0 Å². The van der Waals surface area contributed by atoms with E-state index in [4.69, 9.17) is 5.84 Å². The Hall–Kier alpha value is -1.89. The highest BCUT2D eigenvalue weighted by molar-refractivity contribution is 5.77. The van der Waals surface area contributed by atoms with Gasteiger partial charge in [-0.1, -0.05) is 6.92 Å². The summed E-state index contributed by atoms with van der Waals surface area (Å²) in [6.07, 6.45) is 3.38. The number of carbonyl (C=O) groups excluding carboxylic acids is 1. The number of nitrogen functional groups attached to an aromatic ring is 1. The molecule has 0 aromatic carbocycles. The number of aryl methyl sites for hydroxylation is 1. The van der Waals surface area contributed by atoms with E-state index < -0.39 is 0 Å². The van der Waals surface area contributed by atoms with Crippen molar-refractivity contribution in [2.75, 3.05) is 17.3 Å². The Labute approximate surface area is 118 Å². The lowest BCUT2D eigenvalue weighted by Gasteiger charge is -2.13. The second-order valence-corrected chi connectivity index (χ2v) is 4.98. The predicted octanol–water partition coefficient (Wildman–Crippen LogP) is 0.714. The summed E-state index contributed by atoms with van der Waals surface area (Å²) in [7, 11) is 0. The number of nitrogens with two attached hydrogens (primary N) is 1. The molecule has 110 valence electrons. The van der Waals surface area contributed by atoms with Gasteiger partial charge < -0.3 is 16.1 Å². The van der Waals surface area contributed by atoms with E-state index in [9.17, 15) is 4.79 Å². The van der Waals surface area contributed by atoms with Crippen molar-refractivity contribution < 1.29 is 4.79 Å². The number of carbonyl (C=O) groups is 1. The van der Waals surface area contributed by atoms with Crippen molar-refractivity contribution in [3.63, 3.8) is 0 Å². The van der Waals surface area contributed by atoms with Gasteiger partial charge in [0.2, 0.25) is 5.91 Å². The molecule has 1 amide bonds. The Kier molecular flexibility index (Phi) is 4.73. The van der Waals surface area contributed by atoms with Crippen LogP contribution in [-0.4, -0.2) is 28.5 Å². The van der Waals surface area contributed by atoms with Crippen LogP contribution in [0.5, 0.6) is 0 Å². The van der Waals surface area contributed by atoms with Crippen molar-refractivity contribution in [3.05, 3.63) is 11.4 Å². The first kappa shape index (κ1) is 14.5. The van der Waals surface area contributed by atoms with Crippen LogP contribution in [0.1, 0.15) is 37.6 Å². The highest BCUT2D eigenvalue weighted by Crippen LogP contribution is 2.20. The van der Waals surface area contributed by atoms with Crippen LogP contribution in [0.25, 0.3) is 0 Å². The molecule has 7 heteroatoms. The van der Waals surface area contributed by atoms with Crippen LogP contribution >= 0.6 is 0 Å². The predicted molar refractivity (Wildman–Crippen MR) is 78.2 cm³/mol. The highest BCUT2D eigenvalue weighted by atomic mass is 16.1. The van der Waals surface area contributed by atoms with Crippen molar-refractivity contribution in [2.24, 2.45) is 5.84 Å². The molecule has 1 aromatic heterocycles. The van der Waals surface area contributed by atoms with Gasteiger partial charge in [0.05, 0.1) is 0 Å². The fraction of sp³-hybridized carbons (Fsp3) is 0.615. The number of rotatable bonds is 7. The molecule has 0 saturated heterocycles. The third-order valence-corrected chi connectivity index (χ3v) is 3.23. The van der Waals surface area contributed by atoms with Crippen molar-refractivity contribution >= 4 is 17.5 Å². The van der Waals surface area contributed by atoms with Crippen LogP contribution in [0, 0.1) is 6.92 Å². The molecule has 0 atom stereocenters. The summed E-state index contributed by atoms with van der Waals surface area (Å²) in [5.74, 6) is 7.59. The van der Waals surface area contributed by atoms with Crippen LogP contribution in [0.15, 0.2) is 0 Å². The number of aromatic nitrogens is 2. The third-order valence-electron chi connectivity index (χ3n) is 3.23. The number of anilines is 2. The fourth-order valence-electron chi connectivity index (χ4n) is 1.86. The summed E-state index contributed by atoms with van der Waals surface area (Å²) in [6.45, 7) is 4.42. The molecule has 1 aromatic rings. The van der Waals surface area contributed by atoms with E-state index in [1.165, 1.54) is 0 Å². The molecule has 0 radical (unpaired) electrons. The highest BCUT2D eigenvalue weighted by Gasteiger charge is 2.22. The van der Waals surface area contributed by atoms with Gasteiger partial charge in [-0.3, -0.25) is 4.79 Å². The van der Waals surface area contributed by atoms with Gasteiger partial charge in [-0.2, -0.15) is 0 Å². The Bertz CT molecular complexity index is 486. The largest absolute Gasteiger partial charge is 0.369 e. The molecule has 0 bridgehead atoms. The van der Waals surface area contributed by atoms with Crippen molar-refractivity contribution in [3.8, 4) is 0 Å². The van der Waals surface area contributed by atoms with Crippen molar-refractivity contribution in [1.82, 2.24) is 15.3 Å². The second kappa shape index (κ2) is 6.51. The maximum Gasteiger partial charge on any atom is 0.221 e. The molecule has 2 rings (SSSR count). The lowest BCUT2D eigenvalue weighted by molar-refractivity contribution is -0.120. The topological polar surface area (TPSA) is 105 Å². The maximum absolute atomic E-state index is 11.6. The van der Waals surface area contributed by atoms with E-state index in [2.05, 4.69) is 26.0 Å². The van der Waals surface area contributed by atoms with E-state index in [0.29, 0.717) is 30.6 Å². The van der Waals surface area contributed by atoms with E-state index in [-0.39, 0.29) is 5.91 Å². The van der Waals surface area contributed by atoms with Gasteiger partial charge in [-0.25, -0.2) is 15.8 Å². The molecule has 1 aliphatic carbocycles. The number of nitrogens with one attached hydrogen (secondary N) is 3. The first-order chi connectivity index (χ1) is 9.63. The number of amides is 1. The van der Waals surface area contributed by atoms with Gasteiger partial charge in [0.1, 0.15) is 17.5 Å². The van der Waals surface area contributed by atoms with Crippen molar-refractivity contribution in [1.29, 1.82) is 0 Å². The Balaban J connectivity index is 1.91. The molecule has 1 saturated carbocycles. The zero-order valence-corrected chi connectivity index (χ0v) is 12.0. The van der Waals surface area contributed by atoms with Gasteiger partial charge in [0.15, 0.2) is 0 Å². The summed E-state index contributed by atoms with van der Waals surface area (Å²) in [4.78, 5) is 20.3. The summed E-state index contributed by atoms with van der Waals surface area (Å²) < 4.78 is 0. The van der Waals surface area contributed by atoms with E-state index in [1.54, 1.807) is 0 Å². The lowest BCUT2D eigenvalue weighted by atomic mass is 10.3. The molecule has 1 fully saturated rings. The van der Waals surface area contributed by atoms with Crippen LogP contribution in [-0.2, 0) is 11.2 Å². The van der Waals surface area contributed by atoms with Crippen LogP contribution in [0.4, 0.5) is 11.6 Å². The Morgan fingerprint density at radius 1 is 1.35 bits per heavy atom. The standard InChI is InChI=1S/C13H22N6O/c1-3-10-17-12(8(2)13(18-10)19-14)15-7-6-11(20)16-9-4-5-9/h9H,3-7,14H2,1-2H3,(H,16,20)(H2,15,17,18,19). The minimum absolute atomic E-state index is 0.0830. The van der Waals surface area contributed by atoms with Crippen molar-refractivity contribution in [2.45, 2.75) is 45.6 Å². The number of nitrogens with zero attached hydrogens (tertiary/aromatic N) is 2. The summed E-state index contributed by atoms with van der Waals surface area (Å²) in [5, 5.41) is 6.14. The minimum atomic E-state index is 0.0830. The maximum atomic E-state index is 11.6. The molecule has 20 heavy (non-hydrogen) atoms. The Morgan fingerprint density at radius 2 is 2.05 bits per heavy atom. The molecule has 0 spiro atoms. The smallest absolute Gasteiger partial charge is 0.221 e. The number of hydrogen-bond donors (Lipinski definition) is 4. The molecular weight excluding hydrogens is 256 g/mol. The molecule has 5 N–H and O–H groups in total. The van der Waals surface area contributed by atoms with Crippen LogP contribution < -0.4 is 21.9 Å². The van der Waals surface area contributed by atoms with Gasteiger partial charge in [0, 0.05) is 31.0 Å². The second-order valence-electron chi connectivity index (χ2n) is 4.98. The third kappa shape index (κ3) is 3.80. The quantitative estimate of drug-likeness (QED) is 0.432. The van der Waals surface area contributed by atoms with E-state index in [1.807, 2.05) is 13.8 Å². The van der Waals surface area contributed by atoms with E-state index in [0.717, 1.165) is 30.6 Å². The van der Waals surface area contributed by atoms with Gasteiger partial charge in [0.25, 0.3) is 0 Å². The summed E-state index contributed by atoms with van der Waals surface area (Å²) >= 11 is 0. The van der Waals surface area contributed by atoms with Gasteiger partial charge in [-0.05, 0) is 19.8 Å². The first-order valence-electron chi connectivity index (χ1n) is 7.01. The molecule has 0 aliphatic heterocycles. The molecule has 0 unspecified atom stereocenters. The number of hydrogen-bond acceptors (Lipinski definition) is 6. The summed E-state index contributed by atoms with van der Waals surface area (Å²) in [6, 6.07) is 0.406. The molecular formula is C13H22N6O. The van der Waals surface area contributed by atoms with Crippen LogP contribution in [0.3, 0.4) is 0 Å². The fourth-order valence-corrected chi connectivity index (χ4v) is 1.86.